The second-order valence-electron chi connectivity index (χ2n) is 9.82. The number of fused-ring (bicyclic) bond motifs is 1. The SMILES string of the molecule is O=P(O)(O)C(CO)(COCc1nn[nH]n1)OC[C@H]1O[C@@H](c2ccc3c(NCC4CCC4)nc(Cl)nn23)[C@H](O)[C@@H]1O. The number of ether oxygens (including phenoxy) is 3. The van der Waals surface area contributed by atoms with Gasteiger partial charge in [0.2, 0.25) is 10.6 Å². The summed E-state index contributed by atoms with van der Waals surface area (Å²) in [6.07, 6.45) is -1.78. The molecule has 19 heteroatoms. The monoisotopic (exact) mass is 604 g/mol. The van der Waals surface area contributed by atoms with Crippen LogP contribution in [-0.4, -0.2) is 110 Å². The van der Waals surface area contributed by atoms with Crippen molar-refractivity contribution in [3.8, 4) is 0 Å². The molecule has 0 spiro atoms. The van der Waals surface area contributed by atoms with E-state index in [2.05, 4.69) is 36.0 Å². The minimum absolute atomic E-state index is 0.0378. The molecule has 5 atom stereocenters. The Kier molecular flexibility index (Phi) is 8.68. The molecule has 1 saturated carbocycles. The maximum Gasteiger partial charge on any atom is 0.361 e. The fourth-order valence-electron chi connectivity index (χ4n) is 4.58. The summed E-state index contributed by atoms with van der Waals surface area (Å²) in [6, 6.07) is 3.38. The van der Waals surface area contributed by atoms with Gasteiger partial charge in [-0.05, 0) is 42.5 Å². The first-order valence-electron chi connectivity index (χ1n) is 12.5. The summed E-state index contributed by atoms with van der Waals surface area (Å²) in [5, 5.41) is 49.3. The van der Waals surface area contributed by atoms with Crippen LogP contribution in [0.3, 0.4) is 0 Å². The Bertz CT molecular complexity index is 1340. The third-order valence-corrected chi connectivity index (χ3v) is 8.81. The lowest BCUT2D eigenvalue weighted by atomic mass is 9.85. The third kappa shape index (κ3) is 5.85. The first-order chi connectivity index (χ1) is 19.1. The number of hydrogen-bond acceptors (Lipinski definition) is 13. The molecule has 0 bridgehead atoms. The van der Waals surface area contributed by atoms with Gasteiger partial charge in [-0.25, -0.2) is 4.52 Å². The molecular formula is C21H30ClN8O9P. The van der Waals surface area contributed by atoms with Crippen LogP contribution >= 0.6 is 19.2 Å². The van der Waals surface area contributed by atoms with Crippen LogP contribution in [0.4, 0.5) is 5.82 Å². The molecule has 1 saturated heterocycles. The normalized spacial score (nSPS) is 25.2. The highest BCUT2D eigenvalue weighted by molar-refractivity contribution is 7.53. The van der Waals surface area contributed by atoms with Crippen molar-refractivity contribution in [3.63, 3.8) is 0 Å². The van der Waals surface area contributed by atoms with Crippen LogP contribution < -0.4 is 5.32 Å². The maximum atomic E-state index is 12.3. The Morgan fingerprint density at radius 1 is 1.27 bits per heavy atom. The van der Waals surface area contributed by atoms with Crippen LogP contribution in [0, 0.1) is 5.92 Å². The number of nitrogens with zero attached hydrogens (tertiary/aromatic N) is 6. The molecule has 220 valence electrons. The summed E-state index contributed by atoms with van der Waals surface area (Å²) < 4.78 is 30.4. The summed E-state index contributed by atoms with van der Waals surface area (Å²) in [5.74, 6) is 1.19. The second-order valence-corrected chi connectivity index (χ2v) is 12.1. The molecule has 4 heterocycles. The number of nitrogens with one attached hydrogen (secondary N) is 2. The molecule has 0 amide bonds. The lowest BCUT2D eigenvalue weighted by Crippen LogP contribution is -2.45. The molecule has 3 aromatic rings. The van der Waals surface area contributed by atoms with Gasteiger partial charge in [0, 0.05) is 6.54 Å². The quantitative estimate of drug-likeness (QED) is 0.120. The molecular weight excluding hydrogens is 575 g/mol. The number of anilines is 1. The van der Waals surface area contributed by atoms with E-state index in [1.165, 1.54) is 10.9 Å². The number of tetrazole rings is 1. The molecule has 0 aromatic carbocycles. The van der Waals surface area contributed by atoms with Crippen LogP contribution in [0.25, 0.3) is 5.52 Å². The summed E-state index contributed by atoms with van der Waals surface area (Å²) in [7, 11) is -5.13. The minimum atomic E-state index is -5.13. The zero-order valence-electron chi connectivity index (χ0n) is 21.1. The van der Waals surface area contributed by atoms with Crippen LogP contribution in [-0.2, 0) is 25.4 Å². The summed E-state index contributed by atoms with van der Waals surface area (Å²) in [4.78, 5) is 24.2. The number of rotatable bonds is 13. The second kappa shape index (κ2) is 11.9. The Balaban J connectivity index is 1.29. The molecule has 3 aromatic heterocycles. The van der Waals surface area contributed by atoms with Crippen molar-refractivity contribution in [1.82, 2.24) is 35.2 Å². The summed E-state index contributed by atoms with van der Waals surface area (Å²) in [6.45, 7) is -2.00. The third-order valence-electron chi connectivity index (χ3n) is 7.19. The van der Waals surface area contributed by atoms with E-state index < -0.39 is 57.2 Å². The summed E-state index contributed by atoms with van der Waals surface area (Å²) >= 11 is 6.17. The van der Waals surface area contributed by atoms with Crippen molar-refractivity contribution in [2.45, 2.75) is 55.6 Å². The molecule has 2 fully saturated rings. The van der Waals surface area contributed by atoms with Gasteiger partial charge in [0.1, 0.15) is 36.5 Å². The van der Waals surface area contributed by atoms with Gasteiger partial charge in [0.25, 0.3) is 0 Å². The largest absolute Gasteiger partial charge is 0.393 e. The van der Waals surface area contributed by atoms with Crippen molar-refractivity contribution in [3.05, 3.63) is 28.9 Å². The highest BCUT2D eigenvalue weighted by atomic mass is 35.5. The van der Waals surface area contributed by atoms with Gasteiger partial charge < -0.3 is 44.6 Å². The number of aromatic amines is 1. The molecule has 17 nitrogen and oxygen atoms in total. The van der Waals surface area contributed by atoms with Gasteiger partial charge in [-0.3, -0.25) is 4.57 Å². The molecule has 7 N–H and O–H groups in total. The highest BCUT2D eigenvalue weighted by Gasteiger charge is 2.51. The van der Waals surface area contributed by atoms with Crippen molar-refractivity contribution in [2.75, 3.05) is 31.7 Å². The maximum absolute atomic E-state index is 12.3. The lowest BCUT2D eigenvalue weighted by Gasteiger charge is -2.33. The number of aliphatic hydroxyl groups excluding tert-OH is 3. The van der Waals surface area contributed by atoms with Gasteiger partial charge in [-0.1, -0.05) is 11.6 Å². The molecule has 2 aliphatic rings. The van der Waals surface area contributed by atoms with Crippen LogP contribution in [0.15, 0.2) is 12.1 Å². The number of hydrogen-bond donors (Lipinski definition) is 7. The molecule has 1 aliphatic heterocycles. The van der Waals surface area contributed by atoms with Crippen molar-refractivity contribution in [2.24, 2.45) is 5.92 Å². The van der Waals surface area contributed by atoms with Gasteiger partial charge in [0.15, 0.2) is 11.6 Å². The number of aliphatic hydroxyl groups is 3. The van der Waals surface area contributed by atoms with Gasteiger partial charge in [-0.2, -0.15) is 10.2 Å². The van der Waals surface area contributed by atoms with Crippen LogP contribution in [0.1, 0.15) is 36.9 Å². The van der Waals surface area contributed by atoms with Crippen LogP contribution in [0.2, 0.25) is 5.28 Å². The molecule has 1 unspecified atom stereocenters. The Morgan fingerprint density at radius 3 is 2.73 bits per heavy atom. The predicted molar refractivity (Wildman–Crippen MR) is 135 cm³/mol. The fourth-order valence-corrected chi connectivity index (χ4v) is 5.43. The van der Waals surface area contributed by atoms with Gasteiger partial charge >= 0.3 is 7.60 Å². The molecule has 5 rings (SSSR count). The van der Waals surface area contributed by atoms with Crippen molar-refractivity contribution < 1.29 is 43.9 Å². The lowest BCUT2D eigenvalue weighted by molar-refractivity contribution is -0.126. The number of aromatic nitrogens is 7. The standard InChI is InChI=1S/C21H30ClN8O9P/c22-20-24-19(23-6-11-2-1-3-11)13-5-4-12(30(13)27-20)18-17(33)16(32)14(39-18)7-38-21(9-31,40(34,35)36)10-37-8-15-25-28-29-26-15/h4-5,11,14,16-18,31-33H,1-3,6-10H2,(H,23,24,27)(H2,34,35,36)(H,25,26,28,29)/t14-,16-,17-,18+,21?/m1/s1. The number of H-pyrrole nitrogens is 1. The van der Waals surface area contributed by atoms with E-state index in [0.717, 1.165) is 19.4 Å². The average molecular weight is 605 g/mol. The molecule has 40 heavy (non-hydrogen) atoms. The average Bonchev–Trinajstić information content (AvgIpc) is 3.61. The first-order valence-corrected chi connectivity index (χ1v) is 14.5. The fraction of sp³-hybridized carbons (Fsp3) is 0.667. The summed E-state index contributed by atoms with van der Waals surface area (Å²) in [5.41, 5.74) is 0.954. The zero-order chi connectivity index (χ0) is 28.5. The minimum Gasteiger partial charge on any atom is -0.393 e. The van der Waals surface area contributed by atoms with E-state index in [1.54, 1.807) is 12.1 Å². The van der Waals surface area contributed by atoms with Gasteiger partial charge in [-0.15, -0.1) is 15.3 Å². The highest BCUT2D eigenvalue weighted by Crippen LogP contribution is 2.51. The van der Waals surface area contributed by atoms with E-state index >= 15 is 0 Å². The molecule has 1 aliphatic carbocycles. The Morgan fingerprint density at radius 2 is 2.08 bits per heavy atom. The number of halogens is 1. The van der Waals surface area contributed by atoms with E-state index in [4.69, 9.17) is 25.8 Å². The van der Waals surface area contributed by atoms with E-state index in [1.807, 2.05) is 0 Å². The van der Waals surface area contributed by atoms with E-state index in [-0.39, 0.29) is 17.7 Å². The Labute approximate surface area is 232 Å². The van der Waals surface area contributed by atoms with E-state index in [9.17, 15) is 29.7 Å². The van der Waals surface area contributed by atoms with Crippen molar-refractivity contribution in [1.29, 1.82) is 0 Å². The van der Waals surface area contributed by atoms with Crippen LogP contribution in [0.5, 0.6) is 0 Å². The predicted octanol–water partition coefficient (Wildman–Crippen LogP) is -0.631. The van der Waals surface area contributed by atoms with Crippen molar-refractivity contribution >= 4 is 30.5 Å². The topological polar surface area (TPSA) is 243 Å². The van der Waals surface area contributed by atoms with E-state index in [0.29, 0.717) is 22.9 Å². The molecule has 0 radical (unpaired) electrons. The zero-order valence-corrected chi connectivity index (χ0v) is 22.7. The first kappa shape index (κ1) is 29.2. The van der Waals surface area contributed by atoms with Gasteiger partial charge in [0.05, 0.1) is 25.5 Å². The smallest absolute Gasteiger partial charge is 0.361 e. The Hall–Kier alpha value is -2.31.